The van der Waals surface area contributed by atoms with Crippen LogP contribution in [-0.2, 0) is 0 Å². The highest BCUT2D eigenvalue weighted by atomic mass is 79.9. The average molecular weight is 304 g/mol. The van der Waals surface area contributed by atoms with Crippen molar-refractivity contribution in [1.29, 1.82) is 0 Å². The highest BCUT2D eigenvalue weighted by Crippen LogP contribution is 2.38. The van der Waals surface area contributed by atoms with E-state index in [9.17, 15) is 8.78 Å². The zero-order valence-corrected chi connectivity index (χ0v) is 11.4. The first-order valence-electron chi connectivity index (χ1n) is 5.95. The largest absolute Gasteiger partial charge is 0.313 e. The molecule has 1 aliphatic rings. The summed E-state index contributed by atoms with van der Waals surface area (Å²) in [6.45, 7) is 0. The zero-order chi connectivity index (χ0) is 12.4. The minimum atomic E-state index is -0.804. The third kappa shape index (κ3) is 2.52. The Hall–Kier alpha value is -0.480. The smallest absolute Gasteiger partial charge is 0.173 e. The molecule has 0 aliphatic heterocycles. The van der Waals surface area contributed by atoms with E-state index in [4.69, 9.17) is 0 Å². The molecule has 0 saturated heterocycles. The molecule has 1 aromatic carbocycles. The molecule has 0 radical (unpaired) electrons. The van der Waals surface area contributed by atoms with Crippen molar-refractivity contribution in [3.63, 3.8) is 0 Å². The van der Waals surface area contributed by atoms with Crippen LogP contribution in [-0.4, -0.2) is 7.05 Å². The molecule has 0 heterocycles. The summed E-state index contributed by atoms with van der Waals surface area (Å²) in [5.41, 5.74) is 0.818. The fourth-order valence-electron chi connectivity index (χ4n) is 2.72. The summed E-state index contributed by atoms with van der Waals surface area (Å²) in [6.07, 6.45) is 4.75. The fraction of sp³-hybridized carbons (Fsp3) is 0.538. The van der Waals surface area contributed by atoms with Gasteiger partial charge in [-0.25, -0.2) is 8.78 Å². The number of rotatable bonds is 3. The Morgan fingerprint density at radius 3 is 2.53 bits per heavy atom. The molecule has 0 bridgehead atoms. The fourth-order valence-corrected chi connectivity index (χ4v) is 3.29. The summed E-state index contributed by atoms with van der Waals surface area (Å²) in [4.78, 5) is 0. The molecular formula is C13H16BrF2N. The third-order valence-corrected chi connectivity index (χ3v) is 4.39. The van der Waals surface area contributed by atoms with E-state index in [0.29, 0.717) is 5.92 Å². The molecule has 4 heteroatoms. The summed E-state index contributed by atoms with van der Waals surface area (Å²) in [5.74, 6) is -1.08. The molecular weight excluding hydrogens is 288 g/mol. The van der Waals surface area contributed by atoms with Crippen LogP contribution in [0.3, 0.4) is 0 Å². The molecule has 0 amide bonds. The van der Waals surface area contributed by atoms with Crippen LogP contribution in [0.2, 0.25) is 0 Å². The topological polar surface area (TPSA) is 12.0 Å². The second-order valence-electron chi connectivity index (χ2n) is 4.58. The van der Waals surface area contributed by atoms with Gasteiger partial charge < -0.3 is 5.32 Å². The monoisotopic (exact) mass is 303 g/mol. The average Bonchev–Trinajstić information content (AvgIpc) is 2.84. The maximum absolute atomic E-state index is 13.5. The Morgan fingerprint density at radius 1 is 1.29 bits per heavy atom. The molecule has 17 heavy (non-hydrogen) atoms. The van der Waals surface area contributed by atoms with Gasteiger partial charge in [-0.2, -0.15) is 0 Å². The van der Waals surface area contributed by atoms with Crippen molar-refractivity contribution >= 4 is 15.9 Å². The van der Waals surface area contributed by atoms with Crippen LogP contribution < -0.4 is 5.32 Å². The van der Waals surface area contributed by atoms with Gasteiger partial charge in [0.2, 0.25) is 0 Å². The molecule has 0 spiro atoms. The lowest BCUT2D eigenvalue weighted by Crippen LogP contribution is -2.24. The van der Waals surface area contributed by atoms with Crippen molar-refractivity contribution in [1.82, 2.24) is 5.32 Å². The van der Waals surface area contributed by atoms with E-state index in [1.54, 1.807) is 6.07 Å². The predicted octanol–water partition coefficient (Wildman–Crippen LogP) is 4.18. The van der Waals surface area contributed by atoms with Crippen molar-refractivity contribution in [3.05, 3.63) is 33.8 Å². The Labute approximate surface area is 109 Å². The van der Waals surface area contributed by atoms with E-state index < -0.39 is 11.6 Å². The van der Waals surface area contributed by atoms with Gasteiger partial charge in [-0.1, -0.05) is 18.9 Å². The molecule has 1 fully saturated rings. The van der Waals surface area contributed by atoms with Crippen molar-refractivity contribution < 1.29 is 8.78 Å². The summed E-state index contributed by atoms with van der Waals surface area (Å²) in [5, 5.41) is 3.23. The normalized spacial score (nSPS) is 18.6. The first-order valence-corrected chi connectivity index (χ1v) is 6.75. The first-order chi connectivity index (χ1) is 8.15. The van der Waals surface area contributed by atoms with Crippen LogP contribution in [0.1, 0.15) is 37.3 Å². The Kier molecular flexibility index (Phi) is 4.15. The van der Waals surface area contributed by atoms with Gasteiger partial charge in [-0.05, 0) is 53.4 Å². The summed E-state index contributed by atoms with van der Waals surface area (Å²) in [7, 11) is 1.87. The lowest BCUT2D eigenvalue weighted by atomic mass is 9.91. The van der Waals surface area contributed by atoms with Crippen LogP contribution in [0, 0.1) is 17.6 Å². The molecule has 1 unspecified atom stereocenters. The van der Waals surface area contributed by atoms with Crippen LogP contribution in [0.15, 0.2) is 16.6 Å². The van der Waals surface area contributed by atoms with Crippen LogP contribution in [0.5, 0.6) is 0 Å². The minimum Gasteiger partial charge on any atom is -0.313 e. The van der Waals surface area contributed by atoms with E-state index in [1.165, 1.54) is 18.9 Å². The number of benzene rings is 1. The third-order valence-electron chi connectivity index (χ3n) is 3.58. The molecule has 1 N–H and O–H groups in total. The van der Waals surface area contributed by atoms with Gasteiger partial charge in [0.1, 0.15) is 0 Å². The van der Waals surface area contributed by atoms with Crippen molar-refractivity contribution in [2.45, 2.75) is 31.7 Å². The maximum Gasteiger partial charge on any atom is 0.173 e. The highest BCUT2D eigenvalue weighted by molar-refractivity contribution is 9.10. The Balaban J connectivity index is 2.33. The van der Waals surface area contributed by atoms with Gasteiger partial charge >= 0.3 is 0 Å². The number of hydrogen-bond acceptors (Lipinski definition) is 1. The lowest BCUT2D eigenvalue weighted by Gasteiger charge is -2.24. The number of nitrogens with one attached hydrogen (secondary N) is 1. The SMILES string of the molecule is CNC(c1ccc(F)c(F)c1Br)C1CCCC1. The highest BCUT2D eigenvalue weighted by Gasteiger charge is 2.27. The standard InChI is InChI=1S/C13H16BrF2N/c1-17-13(8-4-2-3-5-8)9-6-7-10(15)12(16)11(9)14/h6-8,13,17H,2-5H2,1H3. The van der Waals surface area contributed by atoms with Gasteiger partial charge in [0, 0.05) is 6.04 Å². The minimum absolute atomic E-state index is 0.0991. The summed E-state index contributed by atoms with van der Waals surface area (Å²) < 4.78 is 26.9. The summed E-state index contributed by atoms with van der Waals surface area (Å²) >= 11 is 3.16. The maximum atomic E-state index is 13.5. The lowest BCUT2D eigenvalue weighted by molar-refractivity contribution is 0.385. The molecule has 1 saturated carbocycles. The quantitative estimate of drug-likeness (QED) is 0.826. The number of halogens is 3. The van der Waals surface area contributed by atoms with E-state index in [2.05, 4.69) is 21.2 Å². The molecule has 94 valence electrons. The van der Waals surface area contributed by atoms with Crippen molar-refractivity contribution in [2.75, 3.05) is 7.05 Å². The van der Waals surface area contributed by atoms with Crippen molar-refractivity contribution in [2.24, 2.45) is 5.92 Å². The van der Waals surface area contributed by atoms with Gasteiger partial charge in [0.15, 0.2) is 11.6 Å². The van der Waals surface area contributed by atoms with Gasteiger partial charge in [-0.3, -0.25) is 0 Å². The zero-order valence-electron chi connectivity index (χ0n) is 9.77. The molecule has 1 aliphatic carbocycles. The van der Waals surface area contributed by atoms with Gasteiger partial charge in [0.25, 0.3) is 0 Å². The molecule has 0 aromatic heterocycles. The second-order valence-corrected chi connectivity index (χ2v) is 5.37. The van der Waals surface area contributed by atoms with Crippen molar-refractivity contribution in [3.8, 4) is 0 Å². The Bertz CT molecular complexity index is 403. The van der Waals surface area contributed by atoms with Gasteiger partial charge in [0.05, 0.1) is 4.47 Å². The first kappa shape index (κ1) is 13.0. The van der Waals surface area contributed by atoms with Crippen LogP contribution >= 0.6 is 15.9 Å². The van der Waals surface area contributed by atoms with E-state index >= 15 is 0 Å². The molecule has 1 aromatic rings. The second kappa shape index (κ2) is 5.44. The van der Waals surface area contributed by atoms with Crippen LogP contribution in [0.4, 0.5) is 8.78 Å². The summed E-state index contributed by atoms with van der Waals surface area (Å²) in [6, 6.07) is 2.97. The number of hydrogen-bond donors (Lipinski definition) is 1. The predicted molar refractivity (Wildman–Crippen MR) is 67.8 cm³/mol. The van der Waals surface area contributed by atoms with Crippen LogP contribution in [0.25, 0.3) is 0 Å². The van der Waals surface area contributed by atoms with E-state index in [1.807, 2.05) is 7.05 Å². The van der Waals surface area contributed by atoms with E-state index in [0.717, 1.165) is 18.4 Å². The van der Waals surface area contributed by atoms with Gasteiger partial charge in [-0.15, -0.1) is 0 Å². The van der Waals surface area contributed by atoms with E-state index in [-0.39, 0.29) is 10.5 Å². The molecule has 1 nitrogen and oxygen atoms in total. The molecule has 1 atom stereocenters. The molecule has 2 rings (SSSR count). The Morgan fingerprint density at radius 2 is 1.94 bits per heavy atom.